The number of hydrogen-bond acceptors (Lipinski definition) is 5. The van der Waals surface area contributed by atoms with Crippen molar-refractivity contribution in [2.75, 3.05) is 33.7 Å². The highest BCUT2D eigenvalue weighted by Gasteiger charge is 2.09. The number of nitrogens with zero attached hydrogens (tertiary/aromatic N) is 3. The molecule has 0 saturated carbocycles. The van der Waals surface area contributed by atoms with Crippen molar-refractivity contribution in [2.24, 2.45) is 5.73 Å². The van der Waals surface area contributed by atoms with Crippen LogP contribution in [0.4, 0.5) is 0 Å². The van der Waals surface area contributed by atoms with Gasteiger partial charge in [-0.1, -0.05) is 6.92 Å². The van der Waals surface area contributed by atoms with E-state index in [1.807, 2.05) is 6.92 Å². The van der Waals surface area contributed by atoms with Gasteiger partial charge in [-0.3, -0.25) is 4.90 Å². The summed E-state index contributed by atoms with van der Waals surface area (Å²) in [5.41, 5.74) is 6.98. The zero-order chi connectivity index (χ0) is 13.5. The third-order valence-corrected chi connectivity index (χ3v) is 3.97. The summed E-state index contributed by atoms with van der Waals surface area (Å²) in [5.74, 6) is 0. The molecule has 0 aliphatic heterocycles. The smallest absolute Gasteiger partial charge is 0.109 e. The second kappa shape index (κ2) is 7.84. The van der Waals surface area contributed by atoms with Gasteiger partial charge in [0.15, 0.2) is 0 Å². The lowest BCUT2D eigenvalue weighted by Gasteiger charge is -2.20. The van der Waals surface area contributed by atoms with Gasteiger partial charge < -0.3 is 10.6 Å². The molecule has 0 aliphatic rings. The first-order valence-electron chi connectivity index (χ1n) is 6.60. The van der Waals surface area contributed by atoms with E-state index >= 15 is 0 Å². The monoisotopic (exact) mass is 270 g/mol. The Balaban J connectivity index is 2.41. The van der Waals surface area contributed by atoms with Gasteiger partial charge in [0.2, 0.25) is 0 Å². The van der Waals surface area contributed by atoms with Crippen LogP contribution in [0.15, 0.2) is 5.38 Å². The van der Waals surface area contributed by atoms with E-state index < -0.39 is 0 Å². The van der Waals surface area contributed by atoms with Crippen molar-refractivity contribution in [1.29, 1.82) is 0 Å². The molecule has 1 aromatic rings. The van der Waals surface area contributed by atoms with Crippen LogP contribution in [-0.4, -0.2) is 48.5 Å². The number of nitrogens with two attached hydrogens (primary N) is 1. The summed E-state index contributed by atoms with van der Waals surface area (Å²) in [7, 11) is 4.23. The number of thiazole rings is 1. The predicted molar refractivity (Wildman–Crippen MR) is 78.8 cm³/mol. The first-order chi connectivity index (χ1) is 8.52. The Morgan fingerprint density at radius 3 is 2.61 bits per heavy atom. The Kier molecular flexibility index (Phi) is 6.78. The van der Waals surface area contributed by atoms with E-state index in [1.165, 1.54) is 6.42 Å². The highest BCUT2D eigenvalue weighted by atomic mass is 32.1. The summed E-state index contributed by atoms with van der Waals surface area (Å²) in [6.45, 7) is 8.45. The molecule has 1 unspecified atom stereocenters. The molecule has 0 spiro atoms. The molecule has 18 heavy (non-hydrogen) atoms. The molecular formula is C13H26N4S. The van der Waals surface area contributed by atoms with Crippen molar-refractivity contribution in [3.8, 4) is 0 Å². The highest BCUT2D eigenvalue weighted by Crippen LogP contribution is 2.17. The molecule has 1 heterocycles. The quantitative estimate of drug-likeness (QED) is 0.784. The van der Waals surface area contributed by atoms with Crippen molar-refractivity contribution in [3.05, 3.63) is 16.1 Å². The van der Waals surface area contributed by atoms with Gasteiger partial charge in [0.05, 0.1) is 11.7 Å². The van der Waals surface area contributed by atoms with Crippen LogP contribution in [0.1, 0.15) is 37.0 Å². The maximum absolute atomic E-state index is 5.83. The first-order valence-corrected chi connectivity index (χ1v) is 7.47. The molecule has 1 aromatic heterocycles. The minimum absolute atomic E-state index is 0.0487. The fourth-order valence-corrected chi connectivity index (χ4v) is 2.56. The Bertz CT molecular complexity index is 335. The molecule has 1 atom stereocenters. The molecule has 104 valence electrons. The molecule has 0 aromatic carbocycles. The van der Waals surface area contributed by atoms with Gasteiger partial charge in [0.1, 0.15) is 5.01 Å². The molecule has 0 radical (unpaired) electrons. The van der Waals surface area contributed by atoms with Gasteiger partial charge >= 0.3 is 0 Å². The summed E-state index contributed by atoms with van der Waals surface area (Å²) in [6, 6.07) is 0.0487. The maximum atomic E-state index is 5.83. The van der Waals surface area contributed by atoms with Crippen LogP contribution in [-0.2, 0) is 6.54 Å². The van der Waals surface area contributed by atoms with E-state index in [4.69, 9.17) is 5.73 Å². The number of aromatic nitrogens is 1. The SMILES string of the molecule is CCN(CCCN(C)C)Cc1csc(C(C)N)n1. The molecule has 4 nitrogen and oxygen atoms in total. The van der Waals surface area contributed by atoms with Gasteiger partial charge in [-0.15, -0.1) is 11.3 Å². The lowest BCUT2D eigenvalue weighted by molar-refractivity contribution is 0.257. The summed E-state index contributed by atoms with van der Waals surface area (Å²) < 4.78 is 0. The lowest BCUT2D eigenvalue weighted by Crippen LogP contribution is -2.27. The Morgan fingerprint density at radius 1 is 1.39 bits per heavy atom. The van der Waals surface area contributed by atoms with E-state index in [0.717, 1.165) is 36.9 Å². The maximum Gasteiger partial charge on any atom is 0.109 e. The molecule has 0 aliphatic carbocycles. The third kappa shape index (κ3) is 5.44. The molecule has 0 fully saturated rings. The summed E-state index contributed by atoms with van der Waals surface area (Å²) in [6.07, 6.45) is 1.20. The summed E-state index contributed by atoms with van der Waals surface area (Å²) in [4.78, 5) is 9.24. The van der Waals surface area contributed by atoms with Gasteiger partial charge in [-0.2, -0.15) is 0 Å². The third-order valence-electron chi connectivity index (χ3n) is 2.87. The molecule has 1 rings (SSSR count). The minimum atomic E-state index is 0.0487. The molecule has 0 saturated heterocycles. The Morgan fingerprint density at radius 2 is 2.11 bits per heavy atom. The predicted octanol–water partition coefficient (Wildman–Crippen LogP) is 1.94. The second-order valence-corrected chi connectivity index (χ2v) is 5.88. The topological polar surface area (TPSA) is 45.4 Å². The second-order valence-electron chi connectivity index (χ2n) is 4.99. The van der Waals surface area contributed by atoms with Crippen LogP contribution >= 0.6 is 11.3 Å². The molecular weight excluding hydrogens is 244 g/mol. The van der Waals surface area contributed by atoms with E-state index in [-0.39, 0.29) is 6.04 Å². The van der Waals surface area contributed by atoms with E-state index in [9.17, 15) is 0 Å². The van der Waals surface area contributed by atoms with Gasteiger partial charge in [0.25, 0.3) is 0 Å². The molecule has 2 N–H and O–H groups in total. The van der Waals surface area contributed by atoms with E-state index in [1.54, 1.807) is 11.3 Å². The minimum Gasteiger partial charge on any atom is -0.322 e. The van der Waals surface area contributed by atoms with Crippen molar-refractivity contribution < 1.29 is 0 Å². The summed E-state index contributed by atoms with van der Waals surface area (Å²) >= 11 is 1.67. The highest BCUT2D eigenvalue weighted by molar-refractivity contribution is 7.09. The number of rotatable bonds is 8. The standard InChI is InChI=1S/C13H26N4S/c1-5-17(8-6-7-16(3)4)9-12-10-18-13(15-12)11(2)14/h10-11H,5-9,14H2,1-4H3. The average molecular weight is 270 g/mol. The zero-order valence-electron chi connectivity index (χ0n) is 12.0. The largest absolute Gasteiger partial charge is 0.322 e. The Hall–Kier alpha value is -0.490. The average Bonchev–Trinajstić information content (AvgIpc) is 2.76. The lowest BCUT2D eigenvalue weighted by atomic mass is 10.3. The van der Waals surface area contributed by atoms with Crippen LogP contribution in [0.2, 0.25) is 0 Å². The van der Waals surface area contributed by atoms with Gasteiger partial charge in [-0.05, 0) is 47.1 Å². The summed E-state index contributed by atoms with van der Waals surface area (Å²) in [5, 5.41) is 3.17. The van der Waals surface area contributed by atoms with E-state index in [2.05, 4.69) is 41.2 Å². The van der Waals surface area contributed by atoms with Crippen LogP contribution in [0.25, 0.3) is 0 Å². The number of hydrogen-bond donors (Lipinski definition) is 1. The van der Waals surface area contributed by atoms with Crippen molar-refractivity contribution in [2.45, 2.75) is 32.9 Å². The molecule has 0 amide bonds. The van der Waals surface area contributed by atoms with Crippen molar-refractivity contribution >= 4 is 11.3 Å². The van der Waals surface area contributed by atoms with Crippen molar-refractivity contribution in [1.82, 2.24) is 14.8 Å². The fraction of sp³-hybridized carbons (Fsp3) is 0.769. The van der Waals surface area contributed by atoms with Crippen molar-refractivity contribution in [3.63, 3.8) is 0 Å². The van der Waals surface area contributed by atoms with Crippen LogP contribution in [0.3, 0.4) is 0 Å². The Labute approximate surface area is 115 Å². The van der Waals surface area contributed by atoms with Crippen LogP contribution in [0.5, 0.6) is 0 Å². The first kappa shape index (κ1) is 15.6. The van der Waals surface area contributed by atoms with E-state index in [0.29, 0.717) is 0 Å². The van der Waals surface area contributed by atoms with Gasteiger partial charge in [0, 0.05) is 11.9 Å². The normalized spacial score (nSPS) is 13.5. The zero-order valence-corrected chi connectivity index (χ0v) is 12.8. The molecule has 0 bridgehead atoms. The fourth-order valence-electron chi connectivity index (χ4n) is 1.79. The van der Waals surface area contributed by atoms with Crippen LogP contribution in [0, 0.1) is 0 Å². The van der Waals surface area contributed by atoms with Crippen LogP contribution < -0.4 is 5.73 Å². The van der Waals surface area contributed by atoms with Gasteiger partial charge in [-0.25, -0.2) is 4.98 Å². The molecule has 5 heteroatoms.